The lowest BCUT2D eigenvalue weighted by Crippen LogP contribution is -2.48. The monoisotopic (exact) mass is 326 g/mol. The molecule has 0 aromatic heterocycles. The minimum Gasteiger partial charge on any atom is -0.387 e. The van der Waals surface area contributed by atoms with Crippen molar-refractivity contribution in [1.82, 2.24) is 9.80 Å². The molecule has 124 valence electrons. The number of rotatable bonds is 7. The molecule has 2 rings (SSSR count). The fourth-order valence-electron chi connectivity index (χ4n) is 2.70. The summed E-state index contributed by atoms with van der Waals surface area (Å²) in [5.74, 6) is 0. The van der Waals surface area contributed by atoms with Gasteiger partial charge in [0, 0.05) is 49.9 Å². The third kappa shape index (κ3) is 5.52. The molecule has 1 aromatic carbocycles. The van der Waals surface area contributed by atoms with Gasteiger partial charge >= 0.3 is 0 Å². The second kappa shape index (κ2) is 8.85. The molecule has 1 fully saturated rings. The van der Waals surface area contributed by atoms with E-state index in [1.54, 1.807) is 0 Å². The van der Waals surface area contributed by atoms with E-state index in [0.717, 1.165) is 44.9 Å². The summed E-state index contributed by atoms with van der Waals surface area (Å²) in [6.07, 6.45) is -0.225. The number of hydrogen-bond donors (Lipinski definition) is 1. The smallest absolute Gasteiger partial charge is 0.0931 e. The highest BCUT2D eigenvalue weighted by Crippen LogP contribution is 2.23. The third-order valence-electron chi connectivity index (χ3n) is 4.02. The van der Waals surface area contributed by atoms with Gasteiger partial charge in [-0.15, -0.1) is 0 Å². The van der Waals surface area contributed by atoms with Gasteiger partial charge in [0.25, 0.3) is 0 Å². The molecular weight excluding hydrogens is 300 g/mol. The average molecular weight is 327 g/mol. The molecule has 1 atom stereocenters. The first-order valence-electron chi connectivity index (χ1n) is 8.05. The van der Waals surface area contributed by atoms with Crippen LogP contribution in [-0.2, 0) is 4.74 Å². The second-order valence-corrected chi connectivity index (χ2v) is 6.51. The van der Waals surface area contributed by atoms with Crippen LogP contribution in [0.15, 0.2) is 24.3 Å². The minimum absolute atomic E-state index is 0.298. The highest BCUT2D eigenvalue weighted by molar-refractivity contribution is 6.31. The number of β-amino-alcohol motifs (C(OH)–C–C–N with tert-alkyl or cyclic N) is 1. The van der Waals surface area contributed by atoms with Gasteiger partial charge in [-0.05, 0) is 19.9 Å². The van der Waals surface area contributed by atoms with Gasteiger partial charge in [0.05, 0.1) is 18.8 Å². The largest absolute Gasteiger partial charge is 0.387 e. The quantitative estimate of drug-likeness (QED) is 0.835. The van der Waals surface area contributed by atoms with E-state index in [1.165, 1.54) is 0 Å². The van der Waals surface area contributed by atoms with Gasteiger partial charge in [-0.3, -0.25) is 9.80 Å². The third-order valence-corrected chi connectivity index (χ3v) is 4.36. The van der Waals surface area contributed by atoms with Crippen LogP contribution < -0.4 is 0 Å². The van der Waals surface area contributed by atoms with Crippen LogP contribution in [0.1, 0.15) is 25.5 Å². The molecule has 1 N–H and O–H groups in total. The van der Waals surface area contributed by atoms with E-state index in [4.69, 9.17) is 16.3 Å². The van der Waals surface area contributed by atoms with Crippen molar-refractivity contribution in [3.63, 3.8) is 0 Å². The van der Waals surface area contributed by atoms with Crippen molar-refractivity contribution < 1.29 is 9.84 Å². The fraction of sp³-hybridized carbons (Fsp3) is 0.647. The van der Waals surface area contributed by atoms with Crippen molar-refractivity contribution in [1.29, 1.82) is 0 Å². The molecular formula is C17H27ClN2O2. The molecule has 0 bridgehead atoms. The molecule has 1 aromatic rings. The zero-order valence-electron chi connectivity index (χ0n) is 13.5. The van der Waals surface area contributed by atoms with E-state index >= 15 is 0 Å². The lowest BCUT2D eigenvalue weighted by Gasteiger charge is -2.35. The number of hydrogen-bond acceptors (Lipinski definition) is 4. The summed E-state index contributed by atoms with van der Waals surface area (Å²) in [5, 5.41) is 11.0. The average Bonchev–Trinajstić information content (AvgIpc) is 2.49. The van der Waals surface area contributed by atoms with Crippen LogP contribution in [0.2, 0.25) is 5.02 Å². The summed E-state index contributed by atoms with van der Waals surface area (Å²) in [5.41, 5.74) is 0.817. The minimum atomic E-state index is -0.524. The molecule has 4 nitrogen and oxygen atoms in total. The molecule has 1 heterocycles. The second-order valence-electron chi connectivity index (χ2n) is 6.10. The van der Waals surface area contributed by atoms with Crippen molar-refractivity contribution >= 4 is 11.6 Å². The summed E-state index contributed by atoms with van der Waals surface area (Å²) < 4.78 is 5.60. The topological polar surface area (TPSA) is 35.9 Å². The maximum absolute atomic E-state index is 10.4. The summed E-state index contributed by atoms with van der Waals surface area (Å²) in [7, 11) is 0. The number of piperazine rings is 1. The molecule has 1 unspecified atom stereocenters. The zero-order chi connectivity index (χ0) is 15.9. The number of nitrogens with zero attached hydrogens (tertiary/aromatic N) is 2. The van der Waals surface area contributed by atoms with Crippen molar-refractivity contribution in [3.05, 3.63) is 34.9 Å². The number of halogens is 1. The normalized spacial score (nSPS) is 18.8. The fourth-order valence-corrected chi connectivity index (χ4v) is 2.96. The van der Waals surface area contributed by atoms with Crippen molar-refractivity contribution in [2.24, 2.45) is 0 Å². The Bertz CT molecular complexity index is 448. The van der Waals surface area contributed by atoms with Crippen molar-refractivity contribution in [3.8, 4) is 0 Å². The molecule has 0 aliphatic carbocycles. The van der Waals surface area contributed by atoms with Crippen LogP contribution >= 0.6 is 11.6 Å². The predicted molar refractivity (Wildman–Crippen MR) is 90.4 cm³/mol. The maximum atomic E-state index is 10.4. The Labute approximate surface area is 138 Å². The number of aliphatic hydroxyl groups excluding tert-OH is 1. The highest BCUT2D eigenvalue weighted by atomic mass is 35.5. The van der Waals surface area contributed by atoms with Crippen LogP contribution in [0.4, 0.5) is 0 Å². The Morgan fingerprint density at radius 1 is 1.14 bits per heavy atom. The van der Waals surface area contributed by atoms with Gasteiger partial charge in [-0.1, -0.05) is 29.8 Å². The Morgan fingerprint density at radius 3 is 2.41 bits per heavy atom. The van der Waals surface area contributed by atoms with E-state index < -0.39 is 6.10 Å². The molecule has 5 heteroatoms. The molecule has 1 aliphatic rings. The van der Waals surface area contributed by atoms with Gasteiger partial charge in [-0.25, -0.2) is 0 Å². The van der Waals surface area contributed by atoms with Crippen LogP contribution in [0.5, 0.6) is 0 Å². The Hall–Kier alpha value is -0.650. The first kappa shape index (κ1) is 17.7. The molecule has 22 heavy (non-hydrogen) atoms. The molecule has 0 amide bonds. The molecule has 0 spiro atoms. The van der Waals surface area contributed by atoms with E-state index in [1.807, 2.05) is 24.3 Å². The Morgan fingerprint density at radius 2 is 1.77 bits per heavy atom. The van der Waals surface area contributed by atoms with Crippen LogP contribution in [0, 0.1) is 0 Å². The Balaban J connectivity index is 1.72. The summed E-state index contributed by atoms with van der Waals surface area (Å²) in [6.45, 7) is 10.5. The summed E-state index contributed by atoms with van der Waals surface area (Å²) >= 11 is 6.14. The van der Waals surface area contributed by atoms with Crippen LogP contribution in [0.25, 0.3) is 0 Å². The molecule has 1 aliphatic heterocycles. The van der Waals surface area contributed by atoms with Crippen molar-refractivity contribution in [2.75, 3.05) is 45.9 Å². The van der Waals surface area contributed by atoms with E-state index in [2.05, 4.69) is 23.6 Å². The Kier molecular flexibility index (Phi) is 7.12. The lowest BCUT2D eigenvalue weighted by atomic mass is 10.1. The summed E-state index contributed by atoms with van der Waals surface area (Å²) in [6, 6.07) is 7.52. The van der Waals surface area contributed by atoms with Gasteiger partial charge in [-0.2, -0.15) is 0 Å². The van der Waals surface area contributed by atoms with E-state index in [0.29, 0.717) is 17.7 Å². The van der Waals surface area contributed by atoms with Gasteiger partial charge in [0.2, 0.25) is 0 Å². The predicted octanol–water partition coefficient (Wildman–Crippen LogP) is 2.42. The lowest BCUT2D eigenvalue weighted by molar-refractivity contribution is 0.0348. The SMILES string of the molecule is CC(C)OCCN1CCN(CC(O)c2ccccc2Cl)CC1. The van der Waals surface area contributed by atoms with E-state index in [9.17, 15) is 5.11 Å². The standard InChI is InChI=1S/C17H27ClN2O2/c1-14(2)22-12-11-19-7-9-20(10-8-19)13-17(21)15-5-3-4-6-16(15)18/h3-6,14,17,21H,7-13H2,1-2H3. The van der Waals surface area contributed by atoms with Gasteiger partial charge < -0.3 is 9.84 Å². The van der Waals surface area contributed by atoms with E-state index in [-0.39, 0.29) is 0 Å². The molecule has 0 radical (unpaired) electrons. The highest BCUT2D eigenvalue weighted by Gasteiger charge is 2.20. The number of ether oxygens (including phenoxy) is 1. The van der Waals surface area contributed by atoms with Gasteiger partial charge in [0.1, 0.15) is 0 Å². The number of benzene rings is 1. The maximum Gasteiger partial charge on any atom is 0.0931 e. The van der Waals surface area contributed by atoms with Crippen molar-refractivity contribution in [2.45, 2.75) is 26.1 Å². The zero-order valence-corrected chi connectivity index (χ0v) is 14.3. The summed E-state index contributed by atoms with van der Waals surface area (Å²) in [4.78, 5) is 4.72. The van der Waals surface area contributed by atoms with Crippen LogP contribution in [0.3, 0.4) is 0 Å². The number of aliphatic hydroxyl groups is 1. The van der Waals surface area contributed by atoms with Gasteiger partial charge in [0.15, 0.2) is 0 Å². The first-order chi connectivity index (χ1) is 10.6. The van der Waals surface area contributed by atoms with Crippen LogP contribution in [-0.4, -0.2) is 66.9 Å². The first-order valence-corrected chi connectivity index (χ1v) is 8.43. The molecule has 1 saturated heterocycles. The molecule has 0 saturated carbocycles.